The topological polar surface area (TPSA) is 21.3 Å². The van der Waals surface area contributed by atoms with Crippen LogP contribution in [0.15, 0.2) is 18.2 Å². The molecule has 0 spiro atoms. The predicted octanol–water partition coefficient (Wildman–Crippen LogP) is 2.80. The monoisotopic (exact) mass is 195 g/mol. The first-order chi connectivity index (χ1) is 6.70. The standard InChI is InChI=1S/C11H14FNO/c1-3-10-7(2)13-9-6-8(12)4-5-11(9)14-10/h4-7,10,13H,3H2,1-2H3. The Labute approximate surface area is 83.1 Å². The molecule has 1 aromatic rings. The molecule has 1 N–H and O–H groups in total. The third-order valence-electron chi connectivity index (χ3n) is 2.56. The van der Waals surface area contributed by atoms with Gasteiger partial charge in [-0.25, -0.2) is 4.39 Å². The van der Waals surface area contributed by atoms with Crippen molar-refractivity contribution >= 4 is 5.69 Å². The number of nitrogens with one attached hydrogen (secondary N) is 1. The molecule has 0 aliphatic carbocycles. The van der Waals surface area contributed by atoms with E-state index in [-0.39, 0.29) is 18.0 Å². The third-order valence-corrected chi connectivity index (χ3v) is 2.56. The van der Waals surface area contributed by atoms with Crippen molar-refractivity contribution in [2.24, 2.45) is 0 Å². The van der Waals surface area contributed by atoms with E-state index in [9.17, 15) is 4.39 Å². The molecular weight excluding hydrogens is 181 g/mol. The zero-order chi connectivity index (χ0) is 10.1. The number of benzene rings is 1. The molecule has 0 saturated heterocycles. The lowest BCUT2D eigenvalue weighted by atomic mass is 10.1. The zero-order valence-corrected chi connectivity index (χ0v) is 8.38. The molecule has 1 aromatic carbocycles. The van der Waals surface area contributed by atoms with Crippen LogP contribution in [-0.4, -0.2) is 12.1 Å². The number of fused-ring (bicyclic) bond motifs is 1. The largest absolute Gasteiger partial charge is 0.486 e. The molecular formula is C11H14FNO. The highest BCUT2D eigenvalue weighted by Crippen LogP contribution is 2.32. The van der Waals surface area contributed by atoms with Crippen LogP contribution >= 0.6 is 0 Å². The summed E-state index contributed by atoms with van der Waals surface area (Å²) in [6, 6.07) is 4.79. The van der Waals surface area contributed by atoms with Crippen molar-refractivity contribution in [3.63, 3.8) is 0 Å². The molecule has 0 amide bonds. The summed E-state index contributed by atoms with van der Waals surface area (Å²) < 4.78 is 18.6. The Morgan fingerprint density at radius 2 is 2.29 bits per heavy atom. The van der Waals surface area contributed by atoms with Gasteiger partial charge in [-0.2, -0.15) is 0 Å². The van der Waals surface area contributed by atoms with Crippen LogP contribution in [0.1, 0.15) is 20.3 Å². The number of anilines is 1. The molecule has 2 rings (SSSR count). The van der Waals surface area contributed by atoms with Gasteiger partial charge in [-0.3, -0.25) is 0 Å². The fourth-order valence-corrected chi connectivity index (χ4v) is 1.76. The first-order valence-corrected chi connectivity index (χ1v) is 4.93. The minimum absolute atomic E-state index is 0.174. The van der Waals surface area contributed by atoms with Gasteiger partial charge in [0, 0.05) is 6.07 Å². The highest BCUT2D eigenvalue weighted by molar-refractivity contribution is 5.58. The van der Waals surface area contributed by atoms with Gasteiger partial charge in [-0.15, -0.1) is 0 Å². The van der Waals surface area contributed by atoms with Crippen molar-refractivity contribution in [2.75, 3.05) is 5.32 Å². The van der Waals surface area contributed by atoms with E-state index in [1.165, 1.54) is 12.1 Å². The van der Waals surface area contributed by atoms with E-state index in [1.807, 2.05) is 6.92 Å². The van der Waals surface area contributed by atoms with Crippen molar-refractivity contribution in [3.8, 4) is 5.75 Å². The van der Waals surface area contributed by atoms with Crippen LogP contribution in [0.4, 0.5) is 10.1 Å². The SMILES string of the molecule is CCC1Oc2ccc(F)cc2NC1C. The van der Waals surface area contributed by atoms with E-state index in [0.717, 1.165) is 17.9 Å². The zero-order valence-electron chi connectivity index (χ0n) is 8.38. The third kappa shape index (κ3) is 1.54. The van der Waals surface area contributed by atoms with Gasteiger partial charge >= 0.3 is 0 Å². The second-order valence-electron chi connectivity index (χ2n) is 3.64. The van der Waals surface area contributed by atoms with E-state index in [1.54, 1.807) is 6.07 Å². The van der Waals surface area contributed by atoms with Gasteiger partial charge in [0.05, 0.1) is 11.7 Å². The van der Waals surface area contributed by atoms with Gasteiger partial charge in [-0.05, 0) is 25.5 Å². The summed E-state index contributed by atoms with van der Waals surface area (Å²) in [6.45, 7) is 4.12. The number of halogens is 1. The molecule has 2 nitrogen and oxygen atoms in total. The summed E-state index contributed by atoms with van der Waals surface area (Å²) in [6.07, 6.45) is 1.12. The molecule has 0 radical (unpaired) electrons. The number of rotatable bonds is 1. The highest BCUT2D eigenvalue weighted by Gasteiger charge is 2.24. The minimum atomic E-state index is -0.234. The van der Waals surface area contributed by atoms with Gasteiger partial charge in [0.15, 0.2) is 0 Å². The molecule has 1 heterocycles. The van der Waals surface area contributed by atoms with E-state index in [0.29, 0.717) is 0 Å². The smallest absolute Gasteiger partial charge is 0.143 e. The maximum absolute atomic E-state index is 12.9. The Bertz CT molecular complexity index is 340. The van der Waals surface area contributed by atoms with Gasteiger partial charge in [0.25, 0.3) is 0 Å². The predicted molar refractivity (Wildman–Crippen MR) is 54.2 cm³/mol. The Balaban J connectivity index is 2.30. The van der Waals surface area contributed by atoms with Crippen molar-refractivity contribution in [2.45, 2.75) is 32.4 Å². The Hall–Kier alpha value is -1.25. The molecule has 1 aliphatic rings. The lowest BCUT2D eigenvalue weighted by Gasteiger charge is -2.32. The van der Waals surface area contributed by atoms with Gasteiger partial charge in [-0.1, -0.05) is 6.92 Å². The first-order valence-electron chi connectivity index (χ1n) is 4.93. The van der Waals surface area contributed by atoms with Gasteiger partial charge < -0.3 is 10.1 Å². The normalized spacial score (nSPS) is 24.8. The average molecular weight is 195 g/mol. The molecule has 0 aromatic heterocycles. The lowest BCUT2D eigenvalue weighted by molar-refractivity contribution is 0.170. The summed E-state index contributed by atoms with van der Waals surface area (Å²) >= 11 is 0. The summed E-state index contributed by atoms with van der Waals surface area (Å²) in [7, 11) is 0. The first kappa shape index (κ1) is 9.31. The molecule has 76 valence electrons. The molecule has 14 heavy (non-hydrogen) atoms. The molecule has 3 heteroatoms. The molecule has 0 saturated carbocycles. The summed E-state index contributed by atoms with van der Waals surface area (Å²) in [5.41, 5.74) is 0.752. The maximum Gasteiger partial charge on any atom is 0.143 e. The number of ether oxygens (including phenoxy) is 1. The van der Waals surface area contributed by atoms with Crippen LogP contribution in [0.2, 0.25) is 0 Å². The van der Waals surface area contributed by atoms with Gasteiger partial charge in [0.2, 0.25) is 0 Å². The van der Waals surface area contributed by atoms with Crippen molar-refractivity contribution < 1.29 is 9.13 Å². The minimum Gasteiger partial charge on any atom is -0.486 e. The Morgan fingerprint density at radius 1 is 1.50 bits per heavy atom. The summed E-state index contributed by atoms with van der Waals surface area (Å²) in [5.74, 6) is 0.512. The lowest BCUT2D eigenvalue weighted by Crippen LogP contribution is -2.38. The number of hydrogen-bond acceptors (Lipinski definition) is 2. The van der Waals surface area contributed by atoms with Crippen molar-refractivity contribution in [3.05, 3.63) is 24.0 Å². The van der Waals surface area contributed by atoms with Crippen LogP contribution in [0.25, 0.3) is 0 Å². The van der Waals surface area contributed by atoms with Crippen LogP contribution in [0.3, 0.4) is 0 Å². The van der Waals surface area contributed by atoms with Crippen LogP contribution in [0, 0.1) is 5.82 Å². The Kier molecular flexibility index (Phi) is 2.32. The Morgan fingerprint density at radius 3 is 3.00 bits per heavy atom. The van der Waals surface area contributed by atoms with Crippen LogP contribution in [-0.2, 0) is 0 Å². The summed E-state index contributed by atoms with van der Waals surface area (Å²) in [5, 5.41) is 3.24. The summed E-state index contributed by atoms with van der Waals surface area (Å²) in [4.78, 5) is 0. The second-order valence-corrected chi connectivity index (χ2v) is 3.64. The molecule has 0 bridgehead atoms. The second kappa shape index (κ2) is 3.48. The maximum atomic E-state index is 12.9. The fraction of sp³-hybridized carbons (Fsp3) is 0.455. The van der Waals surface area contributed by atoms with E-state index < -0.39 is 0 Å². The van der Waals surface area contributed by atoms with Crippen molar-refractivity contribution in [1.29, 1.82) is 0 Å². The number of hydrogen-bond donors (Lipinski definition) is 1. The van der Waals surface area contributed by atoms with Crippen molar-refractivity contribution in [1.82, 2.24) is 0 Å². The fourth-order valence-electron chi connectivity index (χ4n) is 1.76. The molecule has 1 aliphatic heterocycles. The quantitative estimate of drug-likeness (QED) is 0.744. The average Bonchev–Trinajstić information content (AvgIpc) is 2.16. The molecule has 0 fully saturated rings. The van der Waals surface area contributed by atoms with E-state index in [4.69, 9.17) is 4.74 Å². The van der Waals surface area contributed by atoms with Crippen LogP contribution < -0.4 is 10.1 Å². The van der Waals surface area contributed by atoms with Crippen LogP contribution in [0.5, 0.6) is 5.75 Å². The molecule has 2 atom stereocenters. The highest BCUT2D eigenvalue weighted by atomic mass is 19.1. The molecule has 2 unspecified atom stereocenters. The van der Waals surface area contributed by atoms with E-state index in [2.05, 4.69) is 12.2 Å². The van der Waals surface area contributed by atoms with Gasteiger partial charge in [0.1, 0.15) is 17.7 Å². The van der Waals surface area contributed by atoms with E-state index >= 15 is 0 Å².